The Balaban J connectivity index is 1.95. The van der Waals surface area contributed by atoms with Crippen LogP contribution >= 0.6 is 0 Å². The Labute approximate surface area is 119 Å². The number of hydrogen-bond acceptors (Lipinski definition) is 4. The number of methoxy groups -OCH3 is 1. The van der Waals surface area contributed by atoms with E-state index in [1.807, 2.05) is 0 Å². The zero-order chi connectivity index (χ0) is 14.6. The number of carbonyl (C=O) groups is 1. The van der Waals surface area contributed by atoms with Crippen molar-refractivity contribution in [1.82, 2.24) is 10.3 Å². The lowest BCUT2D eigenvalue weighted by atomic mass is 9.79. The number of aromatic nitrogens is 1. The van der Waals surface area contributed by atoms with Crippen LogP contribution in [0.15, 0.2) is 18.3 Å². The molecule has 0 bridgehead atoms. The van der Waals surface area contributed by atoms with Gasteiger partial charge in [0.15, 0.2) is 0 Å². The van der Waals surface area contributed by atoms with Gasteiger partial charge in [0.1, 0.15) is 5.56 Å². The molecule has 1 aromatic heterocycles. The molecule has 0 aliphatic heterocycles. The molecule has 110 valence electrons. The second kappa shape index (κ2) is 6.22. The van der Waals surface area contributed by atoms with E-state index < -0.39 is 5.60 Å². The zero-order valence-electron chi connectivity index (χ0n) is 12.1. The van der Waals surface area contributed by atoms with E-state index in [-0.39, 0.29) is 12.5 Å². The third kappa shape index (κ3) is 3.48. The van der Waals surface area contributed by atoms with Crippen LogP contribution in [0, 0.1) is 5.92 Å². The molecule has 0 saturated heterocycles. The number of amides is 1. The Morgan fingerprint density at radius 3 is 2.90 bits per heavy atom. The van der Waals surface area contributed by atoms with Gasteiger partial charge in [-0.05, 0) is 43.7 Å². The van der Waals surface area contributed by atoms with E-state index in [1.165, 1.54) is 7.11 Å². The third-order valence-electron chi connectivity index (χ3n) is 3.99. The normalized spacial score (nSPS) is 26.1. The van der Waals surface area contributed by atoms with Gasteiger partial charge in [0.05, 0.1) is 12.7 Å². The molecule has 0 unspecified atom stereocenters. The number of nitrogens with one attached hydrogen (secondary N) is 1. The van der Waals surface area contributed by atoms with Gasteiger partial charge in [-0.3, -0.25) is 4.79 Å². The second-order valence-corrected chi connectivity index (χ2v) is 5.65. The highest BCUT2D eigenvalue weighted by Crippen LogP contribution is 2.31. The molecular formula is C15H22N2O3. The van der Waals surface area contributed by atoms with Crippen molar-refractivity contribution in [2.45, 2.75) is 38.2 Å². The van der Waals surface area contributed by atoms with Gasteiger partial charge in [-0.2, -0.15) is 0 Å². The maximum atomic E-state index is 12.1. The smallest absolute Gasteiger partial charge is 0.256 e. The number of nitrogens with zero attached hydrogens (tertiary/aromatic N) is 1. The molecule has 1 amide bonds. The Morgan fingerprint density at radius 2 is 2.25 bits per heavy atom. The topological polar surface area (TPSA) is 71.5 Å². The van der Waals surface area contributed by atoms with Crippen molar-refractivity contribution in [3.63, 3.8) is 0 Å². The summed E-state index contributed by atoms with van der Waals surface area (Å²) < 4.78 is 5.06. The molecule has 5 nitrogen and oxygen atoms in total. The molecule has 2 N–H and O–H groups in total. The minimum absolute atomic E-state index is 0.262. The Kier molecular flexibility index (Phi) is 4.60. The lowest BCUT2D eigenvalue weighted by Gasteiger charge is -2.34. The molecule has 0 radical (unpaired) electrons. The first-order valence-electron chi connectivity index (χ1n) is 7.04. The molecule has 1 saturated carbocycles. The van der Waals surface area contributed by atoms with E-state index in [4.69, 9.17) is 4.74 Å². The Morgan fingerprint density at radius 1 is 1.55 bits per heavy atom. The maximum Gasteiger partial charge on any atom is 0.256 e. The fraction of sp³-hybridized carbons (Fsp3) is 0.600. The van der Waals surface area contributed by atoms with E-state index in [0.717, 1.165) is 25.7 Å². The number of ether oxygens (including phenoxy) is 1. The molecule has 0 aromatic carbocycles. The number of pyridine rings is 1. The molecule has 1 heterocycles. The molecule has 0 spiro atoms. The summed E-state index contributed by atoms with van der Waals surface area (Å²) >= 11 is 0. The van der Waals surface area contributed by atoms with Crippen LogP contribution in [0.2, 0.25) is 0 Å². The van der Waals surface area contributed by atoms with Crippen molar-refractivity contribution in [1.29, 1.82) is 0 Å². The van der Waals surface area contributed by atoms with E-state index in [0.29, 0.717) is 17.4 Å². The second-order valence-electron chi connectivity index (χ2n) is 5.65. The van der Waals surface area contributed by atoms with Crippen LogP contribution in [0.4, 0.5) is 0 Å². The van der Waals surface area contributed by atoms with Crippen LogP contribution in [-0.4, -0.2) is 35.3 Å². The Hall–Kier alpha value is -1.62. The van der Waals surface area contributed by atoms with E-state index >= 15 is 0 Å². The third-order valence-corrected chi connectivity index (χ3v) is 3.99. The summed E-state index contributed by atoms with van der Waals surface area (Å²) in [6, 6.07) is 3.35. The van der Waals surface area contributed by atoms with Crippen LogP contribution in [0.1, 0.15) is 43.0 Å². The van der Waals surface area contributed by atoms with Crippen LogP contribution in [0.25, 0.3) is 0 Å². The molecule has 5 heteroatoms. The lowest BCUT2D eigenvalue weighted by Crippen LogP contribution is -2.45. The van der Waals surface area contributed by atoms with Crippen molar-refractivity contribution in [2.24, 2.45) is 5.92 Å². The predicted molar refractivity (Wildman–Crippen MR) is 75.7 cm³/mol. The zero-order valence-corrected chi connectivity index (χ0v) is 12.1. The molecule has 20 heavy (non-hydrogen) atoms. The molecule has 1 aliphatic carbocycles. The average Bonchev–Trinajstić information content (AvgIpc) is 2.48. The predicted octanol–water partition coefficient (Wildman–Crippen LogP) is 1.76. The van der Waals surface area contributed by atoms with Gasteiger partial charge in [-0.15, -0.1) is 0 Å². The first-order chi connectivity index (χ1) is 9.54. The minimum atomic E-state index is -0.780. The summed E-state index contributed by atoms with van der Waals surface area (Å²) in [5.41, 5.74) is -0.389. The van der Waals surface area contributed by atoms with Gasteiger partial charge in [-0.25, -0.2) is 4.98 Å². The fourth-order valence-corrected chi connectivity index (χ4v) is 2.54. The number of rotatable bonds is 4. The first kappa shape index (κ1) is 14.8. The highest BCUT2D eigenvalue weighted by Gasteiger charge is 2.32. The van der Waals surface area contributed by atoms with Gasteiger partial charge in [0.2, 0.25) is 5.88 Å². The molecular weight excluding hydrogens is 256 g/mol. The molecule has 1 aliphatic rings. The fourth-order valence-electron chi connectivity index (χ4n) is 2.54. The van der Waals surface area contributed by atoms with Crippen molar-refractivity contribution in [3.05, 3.63) is 23.9 Å². The molecule has 2 rings (SSSR count). The molecule has 1 aromatic rings. The SMILES string of the molecule is COc1ncccc1C(=O)NCC1(O)CCC(C)CC1. The summed E-state index contributed by atoms with van der Waals surface area (Å²) in [4.78, 5) is 16.1. The Bertz CT molecular complexity index is 468. The summed E-state index contributed by atoms with van der Waals surface area (Å²) in [5, 5.41) is 13.2. The lowest BCUT2D eigenvalue weighted by molar-refractivity contribution is -0.00542. The van der Waals surface area contributed by atoms with Crippen LogP contribution in [0.5, 0.6) is 5.88 Å². The van der Waals surface area contributed by atoms with Crippen molar-refractivity contribution >= 4 is 5.91 Å². The van der Waals surface area contributed by atoms with Gasteiger partial charge in [0.25, 0.3) is 5.91 Å². The minimum Gasteiger partial charge on any atom is -0.480 e. The van der Waals surface area contributed by atoms with Crippen molar-refractivity contribution in [2.75, 3.05) is 13.7 Å². The van der Waals surface area contributed by atoms with Crippen LogP contribution in [-0.2, 0) is 0 Å². The van der Waals surface area contributed by atoms with Gasteiger partial charge in [0, 0.05) is 12.7 Å². The highest BCUT2D eigenvalue weighted by molar-refractivity contribution is 5.96. The monoisotopic (exact) mass is 278 g/mol. The maximum absolute atomic E-state index is 12.1. The highest BCUT2D eigenvalue weighted by atomic mass is 16.5. The summed E-state index contributed by atoms with van der Waals surface area (Å²) in [6.07, 6.45) is 5.05. The number of hydrogen-bond donors (Lipinski definition) is 2. The molecule has 1 fully saturated rings. The quantitative estimate of drug-likeness (QED) is 0.880. The van der Waals surface area contributed by atoms with Crippen LogP contribution in [0.3, 0.4) is 0 Å². The number of aliphatic hydroxyl groups is 1. The first-order valence-corrected chi connectivity index (χ1v) is 7.04. The largest absolute Gasteiger partial charge is 0.480 e. The van der Waals surface area contributed by atoms with Gasteiger partial charge >= 0.3 is 0 Å². The van der Waals surface area contributed by atoms with Gasteiger partial charge in [-0.1, -0.05) is 6.92 Å². The summed E-state index contributed by atoms with van der Waals surface area (Å²) in [6.45, 7) is 2.47. The summed E-state index contributed by atoms with van der Waals surface area (Å²) in [5.74, 6) is 0.695. The van der Waals surface area contributed by atoms with Crippen molar-refractivity contribution in [3.8, 4) is 5.88 Å². The summed E-state index contributed by atoms with van der Waals surface area (Å²) in [7, 11) is 1.48. The van der Waals surface area contributed by atoms with Crippen LogP contribution < -0.4 is 10.1 Å². The average molecular weight is 278 g/mol. The van der Waals surface area contributed by atoms with E-state index in [2.05, 4.69) is 17.2 Å². The van der Waals surface area contributed by atoms with Crippen molar-refractivity contribution < 1.29 is 14.6 Å². The molecule has 0 atom stereocenters. The van der Waals surface area contributed by atoms with E-state index in [1.54, 1.807) is 18.3 Å². The van der Waals surface area contributed by atoms with Gasteiger partial charge < -0.3 is 15.2 Å². The number of carbonyl (C=O) groups excluding carboxylic acids is 1. The van der Waals surface area contributed by atoms with E-state index in [9.17, 15) is 9.90 Å². The standard InChI is InChI=1S/C15H22N2O3/c1-11-5-7-15(19,8-6-11)10-17-13(18)12-4-3-9-16-14(12)20-2/h3-4,9,11,19H,5-8,10H2,1-2H3,(H,17,18).